The number of benzene rings is 1. The van der Waals surface area contributed by atoms with Gasteiger partial charge in [-0.3, -0.25) is 4.79 Å². The molecule has 4 heteroatoms. The number of hydrogen-bond acceptors (Lipinski definition) is 3. The molecule has 1 aromatic rings. The zero-order valence-corrected chi connectivity index (χ0v) is 13.0. The van der Waals surface area contributed by atoms with Gasteiger partial charge in [0.1, 0.15) is 6.61 Å². The lowest BCUT2D eigenvalue weighted by Crippen LogP contribution is -2.38. The molecule has 0 saturated heterocycles. The number of hydrogen-bond donors (Lipinski definition) is 1. The molecule has 1 unspecified atom stereocenters. The number of nitrogens with zero attached hydrogens (tertiary/aromatic N) is 1. The Morgan fingerprint density at radius 2 is 2.15 bits per heavy atom. The molecule has 108 valence electrons. The minimum atomic E-state index is -0.206. The van der Waals surface area contributed by atoms with Crippen molar-refractivity contribution in [2.45, 2.75) is 19.4 Å². The molecular formula is C16H21NO2S. The van der Waals surface area contributed by atoms with Crippen LogP contribution in [0.15, 0.2) is 24.3 Å². The number of carbonyl (C=O) groups is 1. The van der Waals surface area contributed by atoms with Crippen molar-refractivity contribution in [3.8, 4) is 11.8 Å². The zero-order chi connectivity index (χ0) is 15.0. The minimum Gasteiger partial charge on any atom is -0.384 e. The third-order valence-corrected chi connectivity index (χ3v) is 3.88. The highest BCUT2D eigenvalue weighted by Gasteiger charge is 2.20. The third kappa shape index (κ3) is 4.29. The largest absolute Gasteiger partial charge is 0.384 e. The van der Waals surface area contributed by atoms with E-state index in [4.69, 9.17) is 5.11 Å². The van der Waals surface area contributed by atoms with Crippen molar-refractivity contribution < 1.29 is 9.90 Å². The summed E-state index contributed by atoms with van der Waals surface area (Å²) in [7, 11) is 1.84. The normalized spacial score (nSPS) is 11.4. The van der Waals surface area contributed by atoms with Crippen LogP contribution in [0.3, 0.4) is 0 Å². The summed E-state index contributed by atoms with van der Waals surface area (Å²) >= 11 is 1.74. The molecule has 1 N–H and O–H groups in total. The van der Waals surface area contributed by atoms with Crippen molar-refractivity contribution in [3.63, 3.8) is 0 Å². The first-order valence-electron chi connectivity index (χ1n) is 6.60. The second-order valence-electron chi connectivity index (χ2n) is 4.44. The van der Waals surface area contributed by atoms with Gasteiger partial charge in [-0.2, -0.15) is 11.8 Å². The summed E-state index contributed by atoms with van der Waals surface area (Å²) in [5.41, 5.74) is 1.26. The second-order valence-corrected chi connectivity index (χ2v) is 5.35. The zero-order valence-electron chi connectivity index (χ0n) is 12.2. The van der Waals surface area contributed by atoms with Gasteiger partial charge in [-0.05, 0) is 24.8 Å². The van der Waals surface area contributed by atoms with Gasteiger partial charge >= 0.3 is 0 Å². The van der Waals surface area contributed by atoms with Gasteiger partial charge in [-0.25, -0.2) is 0 Å². The number of aliphatic hydroxyl groups excluding tert-OH is 1. The smallest absolute Gasteiger partial charge is 0.255 e. The van der Waals surface area contributed by atoms with Gasteiger partial charge < -0.3 is 10.0 Å². The minimum absolute atomic E-state index is 0.0197. The predicted molar refractivity (Wildman–Crippen MR) is 85.0 cm³/mol. The highest BCUT2D eigenvalue weighted by molar-refractivity contribution is 7.98. The fourth-order valence-electron chi connectivity index (χ4n) is 1.97. The molecule has 1 rings (SSSR count). The van der Waals surface area contributed by atoms with E-state index in [1.165, 1.54) is 0 Å². The van der Waals surface area contributed by atoms with E-state index in [2.05, 4.69) is 18.8 Å². The Balaban J connectivity index is 3.02. The first-order valence-corrected chi connectivity index (χ1v) is 7.99. The van der Waals surface area contributed by atoms with Gasteiger partial charge in [0.2, 0.25) is 0 Å². The van der Waals surface area contributed by atoms with E-state index in [1.54, 1.807) is 28.8 Å². The first-order chi connectivity index (χ1) is 9.65. The Labute approximate surface area is 125 Å². The molecule has 0 heterocycles. The van der Waals surface area contributed by atoms with Gasteiger partial charge in [-0.15, -0.1) is 0 Å². The fourth-order valence-corrected chi connectivity index (χ4v) is 2.81. The van der Waals surface area contributed by atoms with Crippen LogP contribution in [0.25, 0.3) is 0 Å². The fraction of sp³-hybridized carbons (Fsp3) is 0.438. The Kier molecular flexibility index (Phi) is 7.21. The third-order valence-electron chi connectivity index (χ3n) is 3.16. The lowest BCUT2D eigenvalue weighted by atomic mass is 10.1. The Morgan fingerprint density at radius 1 is 1.45 bits per heavy atom. The number of amides is 1. The van der Waals surface area contributed by atoms with E-state index in [0.29, 0.717) is 11.1 Å². The molecule has 0 aliphatic rings. The summed E-state index contributed by atoms with van der Waals surface area (Å²) in [5, 5.41) is 8.79. The van der Waals surface area contributed by atoms with Gasteiger partial charge in [0.05, 0.1) is 5.56 Å². The molecule has 0 fully saturated rings. The van der Waals surface area contributed by atoms with E-state index in [9.17, 15) is 4.79 Å². The molecule has 0 saturated carbocycles. The van der Waals surface area contributed by atoms with Gasteiger partial charge in [0.25, 0.3) is 5.91 Å². The van der Waals surface area contributed by atoms with Crippen molar-refractivity contribution in [1.29, 1.82) is 0 Å². The number of thioether (sulfide) groups is 1. The molecule has 0 aliphatic heterocycles. The standard InChI is InChI=1S/C16H21NO2S/c1-4-14(12-20-3)17(2)16(19)15-10-6-5-8-13(15)9-7-11-18/h5-6,8,10,14,18H,4,11-12H2,1-3H3. The molecule has 1 atom stereocenters. The summed E-state index contributed by atoms with van der Waals surface area (Å²) in [5.74, 6) is 6.33. The van der Waals surface area contributed by atoms with Crippen LogP contribution in [0.1, 0.15) is 29.3 Å². The van der Waals surface area contributed by atoms with Gasteiger partial charge in [0.15, 0.2) is 0 Å². The maximum absolute atomic E-state index is 12.6. The van der Waals surface area contributed by atoms with Crippen molar-refractivity contribution >= 4 is 17.7 Å². The molecular weight excluding hydrogens is 270 g/mol. The number of rotatable bonds is 5. The maximum Gasteiger partial charge on any atom is 0.255 e. The summed E-state index contributed by atoms with van der Waals surface area (Å²) < 4.78 is 0. The van der Waals surface area contributed by atoms with Crippen LogP contribution < -0.4 is 0 Å². The van der Waals surface area contributed by atoms with Crippen molar-refractivity contribution in [1.82, 2.24) is 4.90 Å². The molecule has 1 aromatic carbocycles. The molecule has 0 spiro atoms. The predicted octanol–water partition coefficient (Wildman–Crippen LogP) is 2.24. The number of carbonyl (C=O) groups excluding carboxylic acids is 1. The lowest BCUT2D eigenvalue weighted by Gasteiger charge is -2.27. The average molecular weight is 291 g/mol. The van der Waals surface area contributed by atoms with Crippen LogP contribution in [0, 0.1) is 11.8 Å². The molecule has 0 aliphatic carbocycles. The van der Waals surface area contributed by atoms with Gasteiger partial charge in [0, 0.05) is 24.4 Å². The van der Waals surface area contributed by atoms with E-state index >= 15 is 0 Å². The summed E-state index contributed by atoms with van der Waals surface area (Å²) in [4.78, 5) is 14.4. The second kappa shape index (κ2) is 8.68. The van der Waals surface area contributed by atoms with Gasteiger partial charge in [-0.1, -0.05) is 30.9 Å². The van der Waals surface area contributed by atoms with Crippen LogP contribution in [0.5, 0.6) is 0 Å². The van der Waals surface area contributed by atoms with Crippen molar-refractivity contribution in [2.75, 3.05) is 25.7 Å². The Bertz CT molecular complexity index is 505. The summed E-state index contributed by atoms with van der Waals surface area (Å²) in [6.07, 6.45) is 2.97. The lowest BCUT2D eigenvalue weighted by molar-refractivity contribution is 0.0743. The van der Waals surface area contributed by atoms with Crippen LogP contribution >= 0.6 is 11.8 Å². The van der Waals surface area contributed by atoms with Crippen molar-refractivity contribution in [2.24, 2.45) is 0 Å². The van der Waals surface area contributed by atoms with Crippen LogP contribution in [0.2, 0.25) is 0 Å². The highest BCUT2D eigenvalue weighted by Crippen LogP contribution is 2.15. The summed E-state index contributed by atoms with van der Waals surface area (Å²) in [6, 6.07) is 7.49. The molecule has 1 amide bonds. The molecule has 0 radical (unpaired) electrons. The van der Waals surface area contributed by atoms with E-state index in [1.807, 2.05) is 25.4 Å². The molecule has 3 nitrogen and oxygen atoms in total. The topological polar surface area (TPSA) is 40.5 Å². The van der Waals surface area contributed by atoms with Crippen LogP contribution in [-0.4, -0.2) is 47.6 Å². The van der Waals surface area contributed by atoms with Crippen LogP contribution in [-0.2, 0) is 0 Å². The Hall–Kier alpha value is -1.44. The monoisotopic (exact) mass is 291 g/mol. The SMILES string of the molecule is CCC(CSC)N(C)C(=O)c1ccccc1C#CCO. The quantitative estimate of drug-likeness (QED) is 0.846. The highest BCUT2D eigenvalue weighted by atomic mass is 32.2. The Morgan fingerprint density at radius 3 is 2.75 bits per heavy atom. The maximum atomic E-state index is 12.6. The summed E-state index contributed by atoms with van der Waals surface area (Å²) in [6.45, 7) is 1.88. The molecule has 0 bridgehead atoms. The van der Waals surface area contributed by atoms with Crippen LogP contribution in [0.4, 0.5) is 0 Å². The van der Waals surface area contributed by atoms with Crippen molar-refractivity contribution in [3.05, 3.63) is 35.4 Å². The molecule has 20 heavy (non-hydrogen) atoms. The average Bonchev–Trinajstić information content (AvgIpc) is 2.49. The molecule has 0 aromatic heterocycles. The van der Waals surface area contributed by atoms with E-state index in [-0.39, 0.29) is 18.6 Å². The van der Waals surface area contributed by atoms with E-state index < -0.39 is 0 Å². The number of aliphatic hydroxyl groups is 1. The van der Waals surface area contributed by atoms with E-state index in [0.717, 1.165) is 12.2 Å². The first kappa shape index (κ1) is 16.6.